The zero-order valence-electron chi connectivity index (χ0n) is 12.5. The fraction of sp³-hybridized carbons (Fsp3) is 0.235. The SMILES string of the molecule is CC[C@@H](NC(=O)CSc1ccc(F)c(F)c1)c1ccc(Cl)cc1. The number of benzene rings is 2. The van der Waals surface area contributed by atoms with Crippen LogP contribution in [0.5, 0.6) is 0 Å². The highest BCUT2D eigenvalue weighted by Crippen LogP contribution is 2.22. The molecule has 0 saturated carbocycles. The van der Waals surface area contributed by atoms with Crippen molar-refractivity contribution < 1.29 is 13.6 Å². The van der Waals surface area contributed by atoms with E-state index < -0.39 is 11.6 Å². The second-order valence-corrected chi connectivity index (χ2v) is 6.43. The average molecular weight is 356 g/mol. The van der Waals surface area contributed by atoms with E-state index in [2.05, 4.69) is 5.32 Å². The lowest BCUT2D eigenvalue weighted by Gasteiger charge is -2.17. The summed E-state index contributed by atoms with van der Waals surface area (Å²) in [5.41, 5.74) is 0.975. The molecule has 0 aliphatic rings. The maximum atomic E-state index is 13.1. The number of hydrogen-bond donors (Lipinski definition) is 1. The second-order valence-electron chi connectivity index (χ2n) is 4.94. The topological polar surface area (TPSA) is 29.1 Å². The van der Waals surface area contributed by atoms with Crippen LogP contribution in [0.25, 0.3) is 0 Å². The van der Waals surface area contributed by atoms with Gasteiger partial charge in [0.05, 0.1) is 11.8 Å². The fourth-order valence-electron chi connectivity index (χ4n) is 2.07. The van der Waals surface area contributed by atoms with Gasteiger partial charge in [-0.15, -0.1) is 11.8 Å². The van der Waals surface area contributed by atoms with Crippen molar-refractivity contribution in [3.05, 3.63) is 64.7 Å². The third-order valence-corrected chi connectivity index (χ3v) is 4.52. The van der Waals surface area contributed by atoms with Gasteiger partial charge in [0, 0.05) is 9.92 Å². The molecule has 0 heterocycles. The van der Waals surface area contributed by atoms with Gasteiger partial charge < -0.3 is 5.32 Å². The Balaban J connectivity index is 1.92. The van der Waals surface area contributed by atoms with E-state index in [0.717, 1.165) is 35.9 Å². The predicted molar refractivity (Wildman–Crippen MR) is 89.7 cm³/mol. The van der Waals surface area contributed by atoms with E-state index in [1.165, 1.54) is 6.07 Å². The number of nitrogens with one attached hydrogen (secondary N) is 1. The Morgan fingerprint density at radius 2 is 1.87 bits per heavy atom. The van der Waals surface area contributed by atoms with Gasteiger partial charge in [0.15, 0.2) is 11.6 Å². The van der Waals surface area contributed by atoms with E-state index in [-0.39, 0.29) is 17.7 Å². The summed E-state index contributed by atoms with van der Waals surface area (Å²) in [6, 6.07) is 10.8. The van der Waals surface area contributed by atoms with Gasteiger partial charge in [0.1, 0.15) is 0 Å². The quantitative estimate of drug-likeness (QED) is 0.740. The van der Waals surface area contributed by atoms with Gasteiger partial charge in [-0.05, 0) is 42.3 Å². The van der Waals surface area contributed by atoms with E-state index in [4.69, 9.17) is 11.6 Å². The molecule has 0 bridgehead atoms. The molecule has 1 atom stereocenters. The first-order valence-electron chi connectivity index (χ1n) is 7.12. The van der Waals surface area contributed by atoms with Crippen molar-refractivity contribution in [2.75, 3.05) is 5.75 Å². The van der Waals surface area contributed by atoms with Crippen molar-refractivity contribution in [2.45, 2.75) is 24.3 Å². The Hall–Kier alpha value is -1.59. The minimum atomic E-state index is -0.914. The third-order valence-electron chi connectivity index (χ3n) is 3.28. The van der Waals surface area contributed by atoms with E-state index >= 15 is 0 Å². The Morgan fingerprint density at radius 1 is 1.17 bits per heavy atom. The van der Waals surface area contributed by atoms with Crippen LogP contribution in [0.3, 0.4) is 0 Å². The van der Waals surface area contributed by atoms with Crippen molar-refractivity contribution in [1.82, 2.24) is 5.32 Å². The molecule has 0 unspecified atom stereocenters. The minimum Gasteiger partial charge on any atom is -0.349 e. The molecule has 2 aromatic carbocycles. The maximum Gasteiger partial charge on any atom is 0.230 e. The molecule has 0 saturated heterocycles. The largest absolute Gasteiger partial charge is 0.349 e. The molecule has 0 aliphatic carbocycles. The predicted octanol–water partition coefficient (Wildman–Crippen LogP) is 4.98. The van der Waals surface area contributed by atoms with Crippen molar-refractivity contribution >= 4 is 29.3 Å². The number of amides is 1. The molecule has 0 aliphatic heterocycles. The Kier molecular flexibility index (Phi) is 6.42. The third kappa shape index (κ3) is 5.22. The van der Waals surface area contributed by atoms with Gasteiger partial charge >= 0.3 is 0 Å². The monoisotopic (exact) mass is 355 g/mol. The first-order valence-corrected chi connectivity index (χ1v) is 8.48. The highest BCUT2D eigenvalue weighted by Gasteiger charge is 2.13. The van der Waals surface area contributed by atoms with E-state index in [1.54, 1.807) is 12.1 Å². The zero-order chi connectivity index (χ0) is 16.8. The molecular weight excluding hydrogens is 340 g/mol. The molecule has 0 spiro atoms. The van der Waals surface area contributed by atoms with Crippen LogP contribution >= 0.6 is 23.4 Å². The average Bonchev–Trinajstić information content (AvgIpc) is 2.54. The molecule has 2 nitrogen and oxygen atoms in total. The van der Waals surface area contributed by atoms with Crippen LogP contribution in [0.4, 0.5) is 8.78 Å². The van der Waals surface area contributed by atoms with Crippen LogP contribution in [-0.4, -0.2) is 11.7 Å². The molecule has 0 fully saturated rings. The summed E-state index contributed by atoms with van der Waals surface area (Å²) in [5, 5.41) is 3.57. The number of rotatable bonds is 6. The van der Waals surface area contributed by atoms with Gasteiger partial charge in [0.25, 0.3) is 0 Å². The van der Waals surface area contributed by atoms with Crippen molar-refractivity contribution in [3.63, 3.8) is 0 Å². The molecule has 23 heavy (non-hydrogen) atoms. The number of carbonyl (C=O) groups is 1. The fourth-order valence-corrected chi connectivity index (χ4v) is 2.93. The standard InChI is InChI=1S/C17H16ClF2NOS/c1-2-16(11-3-5-12(18)6-4-11)21-17(22)10-23-13-7-8-14(19)15(20)9-13/h3-9,16H,2,10H2,1H3,(H,21,22)/t16-/m1/s1. The lowest BCUT2D eigenvalue weighted by molar-refractivity contribution is -0.119. The van der Waals surface area contributed by atoms with Crippen LogP contribution in [-0.2, 0) is 4.79 Å². The smallest absolute Gasteiger partial charge is 0.230 e. The normalized spacial score (nSPS) is 12.0. The van der Waals surface area contributed by atoms with Crippen molar-refractivity contribution in [2.24, 2.45) is 0 Å². The molecule has 0 aromatic heterocycles. The Morgan fingerprint density at radius 3 is 2.48 bits per heavy atom. The highest BCUT2D eigenvalue weighted by molar-refractivity contribution is 8.00. The lowest BCUT2D eigenvalue weighted by Crippen LogP contribution is -2.29. The Bertz CT molecular complexity index is 679. The van der Waals surface area contributed by atoms with Crippen LogP contribution in [0, 0.1) is 11.6 Å². The summed E-state index contributed by atoms with van der Waals surface area (Å²) < 4.78 is 26.0. The summed E-state index contributed by atoms with van der Waals surface area (Å²) in [5.74, 6) is -1.84. The first-order chi connectivity index (χ1) is 11.0. The van der Waals surface area contributed by atoms with Crippen LogP contribution in [0.2, 0.25) is 5.02 Å². The molecular formula is C17H16ClF2NOS. The van der Waals surface area contributed by atoms with E-state index in [9.17, 15) is 13.6 Å². The zero-order valence-corrected chi connectivity index (χ0v) is 14.1. The number of hydrogen-bond acceptors (Lipinski definition) is 2. The maximum absolute atomic E-state index is 13.1. The minimum absolute atomic E-state index is 0.106. The highest BCUT2D eigenvalue weighted by atomic mass is 35.5. The molecule has 1 N–H and O–H groups in total. The van der Waals surface area contributed by atoms with E-state index in [1.807, 2.05) is 19.1 Å². The summed E-state index contributed by atoms with van der Waals surface area (Å²) in [6.07, 6.45) is 0.739. The summed E-state index contributed by atoms with van der Waals surface area (Å²) in [4.78, 5) is 12.6. The van der Waals surface area contributed by atoms with Gasteiger partial charge in [-0.1, -0.05) is 30.7 Å². The summed E-state index contributed by atoms with van der Waals surface area (Å²) in [7, 11) is 0. The molecule has 2 aromatic rings. The van der Waals surface area contributed by atoms with Crippen LogP contribution in [0.1, 0.15) is 24.9 Å². The van der Waals surface area contributed by atoms with Crippen molar-refractivity contribution in [1.29, 1.82) is 0 Å². The van der Waals surface area contributed by atoms with Gasteiger partial charge in [-0.3, -0.25) is 4.79 Å². The molecule has 1 amide bonds. The van der Waals surface area contributed by atoms with Crippen LogP contribution in [0.15, 0.2) is 47.4 Å². The molecule has 6 heteroatoms. The Labute approximate surface area is 143 Å². The van der Waals surface area contributed by atoms with E-state index in [0.29, 0.717) is 9.92 Å². The molecule has 2 rings (SSSR count). The summed E-state index contributed by atoms with van der Waals surface area (Å²) >= 11 is 7.02. The van der Waals surface area contributed by atoms with Gasteiger partial charge in [0.2, 0.25) is 5.91 Å². The van der Waals surface area contributed by atoms with Crippen LogP contribution < -0.4 is 5.32 Å². The lowest BCUT2D eigenvalue weighted by atomic mass is 10.0. The molecule has 0 radical (unpaired) electrons. The summed E-state index contributed by atoms with van der Waals surface area (Å²) in [6.45, 7) is 1.97. The second kappa shape index (κ2) is 8.31. The number of thioether (sulfide) groups is 1. The first kappa shape index (κ1) is 17.8. The van der Waals surface area contributed by atoms with Gasteiger partial charge in [-0.25, -0.2) is 8.78 Å². The number of carbonyl (C=O) groups excluding carboxylic acids is 1. The van der Waals surface area contributed by atoms with Crippen molar-refractivity contribution in [3.8, 4) is 0 Å². The van der Waals surface area contributed by atoms with Gasteiger partial charge in [-0.2, -0.15) is 0 Å². The number of halogens is 3. The molecule has 122 valence electrons.